The largest absolute Gasteiger partial charge is 0.456 e. The first kappa shape index (κ1) is 20.8. The normalized spacial score (nSPS) is 10.1. The van der Waals surface area contributed by atoms with E-state index in [-0.39, 0.29) is 18.9 Å². The van der Waals surface area contributed by atoms with E-state index < -0.39 is 11.9 Å². The van der Waals surface area contributed by atoms with Gasteiger partial charge in [-0.15, -0.1) is 11.8 Å². The second-order valence-electron chi connectivity index (χ2n) is 5.52. The summed E-state index contributed by atoms with van der Waals surface area (Å²) >= 11 is 7.32. The number of carbonyl (C=O) groups excluding carboxylic acids is 3. The van der Waals surface area contributed by atoms with E-state index in [4.69, 9.17) is 16.3 Å². The summed E-state index contributed by atoms with van der Waals surface area (Å²) < 4.78 is 4.97. The molecule has 0 atom stereocenters. The van der Waals surface area contributed by atoms with Crippen LogP contribution in [0.5, 0.6) is 0 Å². The second-order valence-corrected chi connectivity index (χ2v) is 7.12. The summed E-state index contributed by atoms with van der Waals surface area (Å²) in [5, 5.41) is 5.91. The first-order valence-corrected chi connectivity index (χ1v) is 9.50. The van der Waals surface area contributed by atoms with Crippen molar-refractivity contribution in [1.82, 2.24) is 0 Å². The quantitative estimate of drug-likeness (QED) is 0.512. The Kier molecular flexibility index (Phi) is 8.16. The van der Waals surface area contributed by atoms with Gasteiger partial charge in [-0.05, 0) is 48.5 Å². The zero-order valence-electron chi connectivity index (χ0n) is 14.7. The van der Waals surface area contributed by atoms with Crippen molar-refractivity contribution in [1.29, 1.82) is 0 Å². The van der Waals surface area contributed by atoms with Crippen molar-refractivity contribution in [3.05, 3.63) is 53.6 Å². The third-order valence-corrected chi connectivity index (χ3v) is 4.51. The molecular weight excluding hydrogens is 388 g/mol. The molecule has 142 valence electrons. The van der Waals surface area contributed by atoms with Crippen LogP contribution in [0.3, 0.4) is 0 Å². The van der Waals surface area contributed by atoms with E-state index in [1.54, 1.807) is 36.4 Å². The van der Waals surface area contributed by atoms with Crippen LogP contribution in [0.15, 0.2) is 53.4 Å². The lowest BCUT2D eigenvalue weighted by Crippen LogP contribution is -2.21. The van der Waals surface area contributed by atoms with Gasteiger partial charge < -0.3 is 15.4 Å². The Balaban J connectivity index is 1.66. The number of ether oxygens (including phenoxy) is 1. The predicted molar refractivity (Wildman–Crippen MR) is 107 cm³/mol. The van der Waals surface area contributed by atoms with Crippen molar-refractivity contribution in [3.8, 4) is 0 Å². The minimum absolute atomic E-state index is 0.173. The van der Waals surface area contributed by atoms with Gasteiger partial charge in [0.25, 0.3) is 5.91 Å². The van der Waals surface area contributed by atoms with Crippen LogP contribution in [0, 0.1) is 0 Å². The monoisotopic (exact) mass is 406 g/mol. The number of thioether (sulfide) groups is 1. The highest BCUT2D eigenvalue weighted by Gasteiger charge is 2.08. The van der Waals surface area contributed by atoms with E-state index in [0.717, 1.165) is 4.90 Å². The molecule has 27 heavy (non-hydrogen) atoms. The number of nitrogens with one attached hydrogen (secondary N) is 2. The van der Waals surface area contributed by atoms with Crippen molar-refractivity contribution >= 4 is 52.5 Å². The zero-order chi connectivity index (χ0) is 19.6. The lowest BCUT2D eigenvalue weighted by Gasteiger charge is -2.08. The van der Waals surface area contributed by atoms with Crippen molar-refractivity contribution in [3.63, 3.8) is 0 Å². The van der Waals surface area contributed by atoms with Gasteiger partial charge in [0.15, 0.2) is 6.61 Å². The Labute approximate surface area is 166 Å². The van der Waals surface area contributed by atoms with E-state index in [0.29, 0.717) is 22.2 Å². The summed E-state index contributed by atoms with van der Waals surface area (Å²) in [4.78, 5) is 35.5. The predicted octanol–water partition coefficient (Wildman–Crippen LogP) is 3.96. The Morgan fingerprint density at radius 3 is 2.15 bits per heavy atom. The van der Waals surface area contributed by atoms with Crippen LogP contribution in [0.2, 0.25) is 5.02 Å². The summed E-state index contributed by atoms with van der Waals surface area (Å²) in [6, 6.07) is 14.0. The molecule has 2 aromatic carbocycles. The van der Waals surface area contributed by atoms with Gasteiger partial charge in [0.05, 0.1) is 6.42 Å². The number of amides is 2. The molecule has 0 heterocycles. The minimum Gasteiger partial charge on any atom is -0.456 e. The lowest BCUT2D eigenvalue weighted by atomic mass is 10.2. The Morgan fingerprint density at radius 2 is 1.56 bits per heavy atom. The highest BCUT2D eigenvalue weighted by molar-refractivity contribution is 7.99. The molecule has 0 aromatic heterocycles. The number of carbonyl (C=O) groups is 3. The molecule has 0 aliphatic carbocycles. The van der Waals surface area contributed by atoms with Crippen molar-refractivity contribution in [2.45, 2.75) is 18.2 Å². The van der Waals surface area contributed by atoms with Crippen molar-refractivity contribution in [2.75, 3.05) is 23.0 Å². The summed E-state index contributed by atoms with van der Waals surface area (Å²) in [5.41, 5.74) is 1.17. The number of halogens is 1. The van der Waals surface area contributed by atoms with Gasteiger partial charge in [-0.1, -0.05) is 11.6 Å². The summed E-state index contributed by atoms with van der Waals surface area (Å²) in [6.45, 7) is 1.07. The standard InChI is InChI=1S/C19H19ClN2O4S/c1-13(23)21-15-4-6-16(7-5-15)22-18(24)12-26-19(25)10-11-27-17-8-2-14(20)3-9-17/h2-9H,10-12H2,1H3,(H,21,23)(H,22,24). The zero-order valence-corrected chi connectivity index (χ0v) is 16.2. The van der Waals surface area contributed by atoms with E-state index in [1.165, 1.54) is 18.7 Å². The fourth-order valence-corrected chi connectivity index (χ4v) is 3.00. The number of esters is 1. The fourth-order valence-electron chi connectivity index (χ4n) is 2.04. The smallest absolute Gasteiger partial charge is 0.307 e. The SMILES string of the molecule is CC(=O)Nc1ccc(NC(=O)COC(=O)CCSc2ccc(Cl)cc2)cc1. The van der Waals surface area contributed by atoms with E-state index >= 15 is 0 Å². The number of hydrogen-bond donors (Lipinski definition) is 2. The van der Waals surface area contributed by atoms with Crippen LogP contribution in [0.25, 0.3) is 0 Å². The number of benzene rings is 2. The van der Waals surface area contributed by atoms with Crippen LogP contribution in [-0.2, 0) is 19.1 Å². The van der Waals surface area contributed by atoms with Crippen molar-refractivity contribution < 1.29 is 19.1 Å². The van der Waals surface area contributed by atoms with Crippen LogP contribution in [0.1, 0.15) is 13.3 Å². The second kappa shape index (κ2) is 10.6. The Hall–Kier alpha value is -2.51. The molecule has 0 unspecified atom stereocenters. The Bertz CT molecular complexity index is 794. The molecule has 0 spiro atoms. The molecule has 2 amide bonds. The highest BCUT2D eigenvalue weighted by atomic mass is 35.5. The van der Waals surface area contributed by atoms with Gasteiger partial charge in [0.1, 0.15) is 0 Å². The highest BCUT2D eigenvalue weighted by Crippen LogP contribution is 2.21. The molecule has 2 N–H and O–H groups in total. The van der Waals surface area contributed by atoms with Crippen LogP contribution < -0.4 is 10.6 Å². The maximum Gasteiger partial charge on any atom is 0.307 e. The average Bonchev–Trinajstić information content (AvgIpc) is 2.63. The van der Waals surface area contributed by atoms with Gasteiger partial charge in [0.2, 0.25) is 5.91 Å². The van der Waals surface area contributed by atoms with E-state index in [1.807, 2.05) is 12.1 Å². The number of anilines is 2. The molecular formula is C19H19ClN2O4S. The third-order valence-electron chi connectivity index (χ3n) is 3.24. The first-order chi connectivity index (χ1) is 12.9. The maximum absolute atomic E-state index is 11.8. The van der Waals surface area contributed by atoms with Gasteiger partial charge in [0, 0.05) is 34.0 Å². The van der Waals surface area contributed by atoms with Crippen LogP contribution >= 0.6 is 23.4 Å². The molecule has 2 aromatic rings. The molecule has 0 bridgehead atoms. The third kappa shape index (κ3) is 8.15. The molecule has 2 rings (SSSR count). The van der Waals surface area contributed by atoms with Crippen LogP contribution in [0.4, 0.5) is 11.4 Å². The molecule has 0 aliphatic rings. The van der Waals surface area contributed by atoms with Gasteiger partial charge >= 0.3 is 5.97 Å². The number of rotatable bonds is 8. The molecule has 8 heteroatoms. The first-order valence-electron chi connectivity index (χ1n) is 8.14. The molecule has 0 saturated heterocycles. The van der Waals surface area contributed by atoms with Gasteiger partial charge in [-0.3, -0.25) is 14.4 Å². The van der Waals surface area contributed by atoms with Crippen LogP contribution in [-0.4, -0.2) is 30.1 Å². The summed E-state index contributed by atoms with van der Waals surface area (Å²) in [7, 11) is 0. The summed E-state index contributed by atoms with van der Waals surface area (Å²) in [6.07, 6.45) is 0.200. The van der Waals surface area contributed by atoms with Gasteiger partial charge in [-0.25, -0.2) is 0 Å². The minimum atomic E-state index is -0.437. The summed E-state index contributed by atoms with van der Waals surface area (Å²) in [5.74, 6) is -0.492. The van der Waals surface area contributed by atoms with E-state index in [9.17, 15) is 14.4 Å². The Morgan fingerprint density at radius 1 is 0.963 bits per heavy atom. The average molecular weight is 407 g/mol. The van der Waals surface area contributed by atoms with Crippen molar-refractivity contribution in [2.24, 2.45) is 0 Å². The maximum atomic E-state index is 11.8. The lowest BCUT2D eigenvalue weighted by molar-refractivity contribution is -0.146. The molecule has 0 aliphatic heterocycles. The molecule has 0 saturated carbocycles. The fraction of sp³-hybridized carbons (Fsp3) is 0.211. The van der Waals surface area contributed by atoms with Gasteiger partial charge in [-0.2, -0.15) is 0 Å². The number of hydrogen-bond acceptors (Lipinski definition) is 5. The molecule has 6 nitrogen and oxygen atoms in total. The molecule has 0 radical (unpaired) electrons. The topological polar surface area (TPSA) is 84.5 Å². The molecule has 0 fully saturated rings. The van der Waals surface area contributed by atoms with E-state index in [2.05, 4.69) is 10.6 Å².